The van der Waals surface area contributed by atoms with Crippen LogP contribution in [0.15, 0.2) is 42.5 Å². The average molecular weight is 452 g/mol. The smallest absolute Gasteiger partial charge is 0.0642 e. The van der Waals surface area contributed by atoms with Crippen molar-refractivity contribution in [3.8, 4) is 0 Å². The summed E-state index contributed by atoms with van der Waals surface area (Å²) in [5, 5.41) is 23.2. The van der Waals surface area contributed by atoms with Gasteiger partial charge in [-0.15, -0.1) is 0 Å². The van der Waals surface area contributed by atoms with Crippen LogP contribution in [0.4, 0.5) is 11.4 Å². The van der Waals surface area contributed by atoms with E-state index in [1.807, 2.05) is 0 Å². The summed E-state index contributed by atoms with van der Waals surface area (Å²) in [7, 11) is 0. The normalized spacial score (nSPS) is 24.1. The minimum Gasteiger partial charge on any atom is -0.395 e. The standard InChI is InChI=1S/C27H37N3O3/c31-19-26-16-27(32)7-8-30(26)18-21-3-1-20(2-4-21)17-28-24-13-23(22-5-6-22)14-25(15-24)29-9-11-33-12-10-29/h1-4,13-15,22,26-28,31-32H,5-12,16-19H2. The summed E-state index contributed by atoms with van der Waals surface area (Å²) in [6, 6.07) is 15.8. The van der Waals surface area contributed by atoms with E-state index in [0.717, 1.165) is 58.3 Å². The van der Waals surface area contributed by atoms with E-state index in [1.54, 1.807) is 0 Å². The molecule has 2 aromatic rings. The van der Waals surface area contributed by atoms with Gasteiger partial charge in [0.25, 0.3) is 0 Å². The molecule has 2 saturated heterocycles. The first-order valence-corrected chi connectivity index (χ1v) is 12.5. The van der Waals surface area contributed by atoms with Gasteiger partial charge in [0.05, 0.1) is 25.9 Å². The Labute approximate surface area is 197 Å². The first-order valence-electron chi connectivity index (χ1n) is 12.5. The minimum atomic E-state index is -0.283. The third kappa shape index (κ3) is 5.87. The van der Waals surface area contributed by atoms with Crippen LogP contribution in [-0.4, -0.2) is 66.7 Å². The summed E-state index contributed by atoms with van der Waals surface area (Å²) >= 11 is 0. The molecule has 3 N–H and O–H groups in total. The quantitative estimate of drug-likeness (QED) is 0.572. The number of aliphatic hydroxyl groups is 2. The van der Waals surface area contributed by atoms with Gasteiger partial charge in [0, 0.05) is 50.1 Å². The Balaban J connectivity index is 1.21. The fourth-order valence-electron chi connectivity index (χ4n) is 5.07. The summed E-state index contributed by atoms with van der Waals surface area (Å²) in [5.74, 6) is 0.726. The number of morpholine rings is 1. The summed E-state index contributed by atoms with van der Waals surface area (Å²) in [4.78, 5) is 4.73. The first-order chi connectivity index (χ1) is 16.2. The number of piperidine rings is 1. The van der Waals surface area contributed by atoms with E-state index in [1.165, 1.54) is 40.9 Å². The number of hydrogen-bond donors (Lipinski definition) is 3. The number of likely N-dealkylation sites (tertiary alicyclic amines) is 1. The highest BCUT2D eigenvalue weighted by Crippen LogP contribution is 2.42. The number of aliphatic hydroxyl groups excluding tert-OH is 2. The van der Waals surface area contributed by atoms with Gasteiger partial charge >= 0.3 is 0 Å². The number of nitrogens with one attached hydrogen (secondary N) is 1. The molecule has 0 amide bonds. The maximum absolute atomic E-state index is 9.87. The molecular weight excluding hydrogens is 414 g/mol. The zero-order valence-electron chi connectivity index (χ0n) is 19.5. The van der Waals surface area contributed by atoms with Crippen LogP contribution in [0.3, 0.4) is 0 Å². The Bertz CT molecular complexity index is 909. The molecule has 2 atom stereocenters. The molecule has 3 aliphatic rings. The SMILES string of the molecule is OCC1CC(O)CCN1Cc1ccc(CNc2cc(C3CC3)cc(N3CCOCC3)c2)cc1. The van der Waals surface area contributed by atoms with Crippen LogP contribution < -0.4 is 10.2 Å². The molecule has 0 spiro atoms. The number of ether oxygens (including phenoxy) is 1. The summed E-state index contributed by atoms with van der Waals surface area (Å²) < 4.78 is 5.54. The lowest BCUT2D eigenvalue weighted by Crippen LogP contribution is -2.45. The van der Waals surface area contributed by atoms with Gasteiger partial charge < -0.3 is 25.2 Å². The molecule has 2 aliphatic heterocycles. The molecule has 33 heavy (non-hydrogen) atoms. The van der Waals surface area contributed by atoms with Crippen LogP contribution in [-0.2, 0) is 17.8 Å². The Hall–Kier alpha value is -2.12. The Morgan fingerprint density at radius 2 is 1.70 bits per heavy atom. The highest BCUT2D eigenvalue weighted by atomic mass is 16.5. The molecule has 2 unspecified atom stereocenters. The molecule has 6 nitrogen and oxygen atoms in total. The van der Waals surface area contributed by atoms with Crippen LogP contribution >= 0.6 is 0 Å². The Morgan fingerprint density at radius 1 is 0.939 bits per heavy atom. The molecule has 6 heteroatoms. The van der Waals surface area contributed by atoms with Crippen LogP contribution in [0.2, 0.25) is 0 Å². The van der Waals surface area contributed by atoms with Gasteiger partial charge in [0.15, 0.2) is 0 Å². The molecule has 3 fully saturated rings. The van der Waals surface area contributed by atoms with Gasteiger partial charge in [-0.3, -0.25) is 4.90 Å². The Morgan fingerprint density at radius 3 is 2.42 bits per heavy atom. The van der Waals surface area contributed by atoms with Gasteiger partial charge in [-0.05, 0) is 66.5 Å². The number of benzene rings is 2. The Kier molecular flexibility index (Phi) is 7.16. The maximum Gasteiger partial charge on any atom is 0.0642 e. The molecule has 0 radical (unpaired) electrons. The van der Waals surface area contributed by atoms with Gasteiger partial charge in [0.1, 0.15) is 0 Å². The van der Waals surface area contributed by atoms with Crippen molar-refractivity contribution >= 4 is 11.4 Å². The molecule has 1 saturated carbocycles. The molecule has 0 bridgehead atoms. The predicted molar refractivity (Wildman–Crippen MR) is 132 cm³/mol. The monoisotopic (exact) mass is 451 g/mol. The molecule has 0 aromatic heterocycles. The number of nitrogens with zero attached hydrogens (tertiary/aromatic N) is 2. The second-order valence-electron chi connectivity index (χ2n) is 9.84. The molecule has 178 valence electrons. The number of anilines is 2. The number of rotatable bonds is 8. The van der Waals surface area contributed by atoms with E-state index in [-0.39, 0.29) is 18.8 Å². The third-order valence-corrected chi connectivity index (χ3v) is 7.29. The van der Waals surface area contributed by atoms with Gasteiger partial charge in [-0.25, -0.2) is 0 Å². The van der Waals surface area contributed by atoms with Crippen molar-refractivity contribution < 1.29 is 14.9 Å². The van der Waals surface area contributed by atoms with E-state index in [9.17, 15) is 10.2 Å². The molecule has 5 rings (SSSR count). The topological polar surface area (TPSA) is 68.2 Å². The molecule has 1 aliphatic carbocycles. The molecule has 2 aromatic carbocycles. The van der Waals surface area contributed by atoms with Crippen molar-refractivity contribution in [3.05, 3.63) is 59.2 Å². The van der Waals surface area contributed by atoms with E-state index < -0.39 is 0 Å². The largest absolute Gasteiger partial charge is 0.395 e. The second kappa shape index (κ2) is 10.4. The fraction of sp³-hybridized carbons (Fsp3) is 0.556. The van der Waals surface area contributed by atoms with E-state index in [0.29, 0.717) is 6.42 Å². The zero-order chi connectivity index (χ0) is 22.6. The summed E-state index contributed by atoms with van der Waals surface area (Å²) in [5.41, 5.74) is 6.48. The average Bonchev–Trinajstić information content (AvgIpc) is 3.71. The van der Waals surface area contributed by atoms with E-state index in [2.05, 4.69) is 57.6 Å². The van der Waals surface area contributed by atoms with Crippen LogP contribution in [0, 0.1) is 0 Å². The van der Waals surface area contributed by atoms with Gasteiger partial charge in [-0.1, -0.05) is 24.3 Å². The second-order valence-corrected chi connectivity index (χ2v) is 9.84. The van der Waals surface area contributed by atoms with Crippen molar-refractivity contribution in [3.63, 3.8) is 0 Å². The fourth-order valence-corrected chi connectivity index (χ4v) is 5.07. The van der Waals surface area contributed by atoms with E-state index in [4.69, 9.17) is 4.74 Å². The summed E-state index contributed by atoms with van der Waals surface area (Å²) in [6.45, 7) is 6.08. The summed E-state index contributed by atoms with van der Waals surface area (Å²) in [6.07, 6.45) is 3.77. The number of hydrogen-bond acceptors (Lipinski definition) is 6. The highest BCUT2D eigenvalue weighted by Gasteiger charge is 2.27. The highest BCUT2D eigenvalue weighted by molar-refractivity contribution is 5.62. The third-order valence-electron chi connectivity index (χ3n) is 7.29. The van der Waals surface area contributed by atoms with Gasteiger partial charge in [0.2, 0.25) is 0 Å². The lowest BCUT2D eigenvalue weighted by Gasteiger charge is -2.36. The van der Waals surface area contributed by atoms with E-state index >= 15 is 0 Å². The van der Waals surface area contributed by atoms with Crippen molar-refractivity contribution in [1.29, 1.82) is 0 Å². The van der Waals surface area contributed by atoms with Crippen LogP contribution in [0.5, 0.6) is 0 Å². The van der Waals surface area contributed by atoms with Crippen molar-refractivity contribution in [1.82, 2.24) is 4.90 Å². The predicted octanol–water partition coefficient (Wildman–Crippen LogP) is 3.33. The maximum atomic E-state index is 9.87. The zero-order valence-corrected chi connectivity index (χ0v) is 19.5. The van der Waals surface area contributed by atoms with Crippen LogP contribution in [0.25, 0.3) is 0 Å². The lowest BCUT2D eigenvalue weighted by atomic mass is 9.99. The molecular formula is C27H37N3O3. The minimum absolute atomic E-state index is 0.0505. The van der Waals surface area contributed by atoms with Gasteiger partial charge in [-0.2, -0.15) is 0 Å². The van der Waals surface area contributed by atoms with Crippen molar-refractivity contribution in [2.24, 2.45) is 0 Å². The lowest BCUT2D eigenvalue weighted by molar-refractivity contribution is 0.0129. The van der Waals surface area contributed by atoms with Crippen molar-refractivity contribution in [2.75, 3.05) is 49.7 Å². The van der Waals surface area contributed by atoms with Crippen molar-refractivity contribution in [2.45, 2.75) is 56.8 Å². The first kappa shape index (κ1) is 22.7. The van der Waals surface area contributed by atoms with Crippen LogP contribution in [0.1, 0.15) is 48.3 Å². The molecule has 2 heterocycles.